The molecule has 0 radical (unpaired) electrons. The summed E-state index contributed by atoms with van der Waals surface area (Å²) in [6, 6.07) is 0.0252. The minimum Gasteiger partial charge on any atom is -0.468 e. The van der Waals surface area contributed by atoms with Crippen LogP contribution in [0.5, 0.6) is 0 Å². The van der Waals surface area contributed by atoms with E-state index in [9.17, 15) is 4.79 Å². The van der Waals surface area contributed by atoms with Gasteiger partial charge in [0.15, 0.2) is 0 Å². The molecule has 1 aliphatic carbocycles. The molecule has 0 aromatic carbocycles. The number of carbonyl (C=O) groups is 1. The van der Waals surface area contributed by atoms with Crippen LogP contribution in [0, 0.1) is 16.7 Å². The number of ether oxygens (including phenoxy) is 1. The summed E-state index contributed by atoms with van der Waals surface area (Å²) >= 11 is 0. The van der Waals surface area contributed by atoms with Crippen molar-refractivity contribution >= 4 is 5.97 Å². The highest BCUT2D eigenvalue weighted by atomic mass is 16.5. The smallest absolute Gasteiger partial charge is 0.323 e. The number of likely N-dealkylation sites (tertiary alicyclic amines) is 1. The maximum absolute atomic E-state index is 11.5. The summed E-state index contributed by atoms with van der Waals surface area (Å²) in [7, 11) is 1.48. The van der Waals surface area contributed by atoms with Crippen LogP contribution in [0.15, 0.2) is 0 Å². The second kappa shape index (κ2) is 3.46. The molecule has 2 rings (SSSR count). The van der Waals surface area contributed by atoms with Crippen LogP contribution in [0.25, 0.3) is 0 Å². The van der Waals surface area contributed by atoms with Gasteiger partial charge < -0.3 is 4.74 Å². The molecular weight excluding hydrogens is 202 g/mol. The Kier molecular flexibility index (Phi) is 2.57. The highest BCUT2D eigenvalue weighted by Crippen LogP contribution is 2.68. The number of hydrogen-bond acceptors (Lipinski definition) is 3. The fourth-order valence-corrected chi connectivity index (χ4v) is 3.09. The largest absolute Gasteiger partial charge is 0.468 e. The van der Waals surface area contributed by atoms with Gasteiger partial charge in [-0.15, -0.1) is 0 Å². The lowest BCUT2D eigenvalue weighted by molar-refractivity contribution is -0.152. The van der Waals surface area contributed by atoms with E-state index >= 15 is 0 Å². The maximum atomic E-state index is 11.5. The molecule has 1 heterocycles. The number of nitrogens with zero attached hydrogens (tertiary/aromatic N) is 1. The number of rotatable bonds is 3. The fourth-order valence-electron chi connectivity index (χ4n) is 3.09. The van der Waals surface area contributed by atoms with Crippen LogP contribution in [0.1, 0.15) is 34.1 Å². The van der Waals surface area contributed by atoms with Crippen molar-refractivity contribution in [3.8, 4) is 0 Å². The van der Waals surface area contributed by atoms with Gasteiger partial charge in [-0.3, -0.25) is 9.69 Å². The molecule has 3 heteroatoms. The van der Waals surface area contributed by atoms with Gasteiger partial charge in [0.25, 0.3) is 0 Å². The highest BCUT2D eigenvalue weighted by Gasteiger charge is 2.65. The van der Waals surface area contributed by atoms with Gasteiger partial charge in [-0.2, -0.15) is 0 Å². The van der Waals surface area contributed by atoms with E-state index in [0.29, 0.717) is 16.7 Å². The van der Waals surface area contributed by atoms with Gasteiger partial charge in [-0.25, -0.2) is 0 Å². The van der Waals surface area contributed by atoms with Gasteiger partial charge in [-0.05, 0) is 23.2 Å². The molecule has 2 aliphatic rings. The fraction of sp³-hybridized carbons (Fsp3) is 0.923. The van der Waals surface area contributed by atoms with Crippen molar-refractivity contribution in [2.24, 2.45) is 16.7 Å². The van der Waals surface area contributed by atoms with Crippen molar-refractivity contribution in [2.45, 2.75) is 40.2 Å². The summed E-state index contributed by atoms with van der Waals surface area (Å²) in [5.41, 5.74) is 0.812. The minimum absolute atomic E-state index is 0.0252. The van der Waals surface area contributed by atoms with Gasteiger partial charge >= 0.3 is 5.97 Å². The topological polar surface area (TPSA) is 29.5 Å². The van der Waals surface area contributed by atoms with Gasteiger partial charge in [0.1, 0.15) is 6.04 Å². The molecular formula is C13H23NO2. The van der Waals surface area contributed by atoms with Crippen molar-refractivity contribution in [1.29, 1.82) is 0 Å². The van der Waals surface area contributed by atoms with E-state index in [2.05, 4.69) is 32.6 Å². The summed E-state index contributed by atoms with van der Waals surface area (Å²) in [5, 5.41) is 0. The monoisotopic (exact) mass is 225 g/mol. The first-order valence-electron chi connectivity index (χ1n) is 6.14. The first-order chi connectivity index (χ1) is 7.32. The lowest BCUT2D eigenvalue weighted by Gasteiger charge is -2.39. The van der Waals surface area contributed by atoms with Gasteiger partial charge in [0.05, 0.1) is 7.11 Å². The third-order valence-electron chi connectivity index (χ3n) is 5.34. The molecule has 1 unspecified atom stereocenters. The third-order valence-corrected chi connectivity index (χ3v) is 5.34. The van der Waals surface area contributed by atoms with Gasteiger partial charge in [0, 0.05) is 13.1 Å². The summed E-state index contributed by atoms with van der Waals surface area (Å²) in [6.07, 6.45) is 0.959. The van der Waals surface area contributed by atoms with E-state index < -0.39 is 0 Å². The Hall–Kier alpha value is -0.570. The van der Waals surface area contributed by atoms with E-state index in [0.717, 1.165) is 19.5 Å². The predicted octanol–water partition coefficient (Wildman–Crippen LogP) is 1.92. The second-order valence-corrected chi connectivity index (χ2v) is 6.32. The predicted molar refractivity (Wildman–Crippen MR) is 63.0 cm³/mol. The molecule has 92 valence electrons. The Labute approximate surface area is 98.1 Å². The standard InChI is InChI=1S/C13H23NO2/c1-12(2)10(13(12,3)4)8-14-7-6-9(14)11(15)16-5/h9-10H,6-8H2,1-5H3. The van der Waals surface area contributed by atoms with E-state index in [4.69, 9.17) is 4.74 Å². The molecule has 1 aliphatic heterocycles. The Morgan fingerprint density at radius 3 is 2.19 bits per heavy atom. The second-order valence-electron chi connectivity index (χ2n) is 6.32. The van der Waals surface area contributed by atoms with Crippen molar-refractivity contribution in [3.05, 3.63) is 0 Å². The van der Waals surface area contributed by atoms with E-state index in [1.165, 1.54) is 7.11 Å². The summed E-state index contributed by atoms with van der Waals surface area (Å²) in [5.74, 6) is 0.634. The summed E-state index contributed by atoms with van der Waals surface area (Å²) in [4.78, 5) is 13.7. The number of carbonyl (C=O) groups excluding carboxylic acids is 1. The summed E-state index contributed by atoms with van der Waals surface area (Å²) < 4.78 is 4.81. The third kappa shape index (κ3) is 1.48. The average Bonchev–Trinajstić information content (AvgIpc) is 2.52. The van der Waals surface area contributed by atoms with Crippen molar-refractivity contribution in [2.75, 3.05) is 20.2 Å². The van der Waals surface area contributed by atoms with Gasteiger partial charge in [-0.1, -0.05) is 27.7 Å². The zero-order valence-corrected chi connectivity index (χ0v) is 11.0. The first kappa shape index (κ1) is 11.9. The Morgan fingerprint density at radius 1 is 1.31 bits per heavy atom. The number of hydrogen-bond donors (Lipinski definition) is 0. The van der Waals surface area contributed by atoms with Crippen LogP contribution in [0.3, 0.4) is 0 Å². The van der Waals surface area contributed by atoms with Crippen LogP contribution in [0.2, 0.25) is 0 Å². The maximum Gasteiger partial charge on any atom is 0.323 e. The summed E-state index contributed by atoms with van der Waals surface area (Å²) in [6.45, 7) is 11.4. The molecule has 0 aromatic rings. The SMILES string of the molecule is COC(=O)C1CCN1CC1C(C)(C)C1(C)C. The molecule has 1 saturated carbocycles. The lowest BCUT2D eigenvalue weighted by Crippen LogP contribution is -2.53. The van der Waals surface area contributed by atoms with Crippen LogP contribution in [-0.2, 0) is 9.53 Å². The highest BCUT2D eigenvalue weighted by molar-refractivity contribution is 5.76. The van der Waals surface area contributed by atoms with Crippen molar-refractivity contribution < 1.29 is 9.53 Å². The Balaban J connectivity index is 1.91. The molecule has 16 heavy (non-hydrogen) atoms. The quantitative estimate of drug-likeness (QED) is 0.687. The Bertz CT molecular complexity index is 295. The molecule has 2 fully saturated rings. The molecule has 1 atom stereocenters. The lowest BCUT2D eigenvalue weighted by atomic mass is 10.0. The molecule has 3 nitrogen and oxygen atoms in total. The van der Waals surface area contributed by atoms with E-state index in [1.807, 2.05) is 0 Å². The normalized spacial score (nSPS) is 31.9. The Morgan fingerprint density at radius 2 is 1.88 bits per heavy atom. The van der Waals surface area contributed by atoms with Crippen LogP contribution >= 0.6 is 0 Å². The van der Waals surface area contributed by atoms with Crippen molar-refractivity contribution in [3.63, 3.8) is 0 Å². The minimum atomic E-state index is -0.0671. The molecule has 0 spiro atoms. The van der Waals surface area contributed by atoms with Crippen LogP contribution in [0.4, 0.5) is 0 Å². The zero-order chi connectivity index (χ0) is 12.1. The molecule has 0 aromatic heterocycles. The average molecular weight is 225 g/mol. The molecule has 0 amide bonds. The van der Waals surface area contributed by atoms with Crippen LogP contribution < -0.4 is 0 Å². The van der Waals surface area contributed by atoms with Crippen molar-refractivity contribution in [1.82, 2.24) is 4.90 Å². The molecule has 0 N–H and O–H groups in total. The van der Waals surface area contributed by atoms with E-state index in [-0.39, 0.29) is 12.0 Å². The van der Waals surface area contributed by atoms with Gasteiger partial charge in [0.2, 0.25) is 0 Å². The number of methoxy groups -OCH3 is 1. The number of esters is 1. The van der Waals surface area contributed by atoms with E-state index in [1.54, 1.807) is 0 Å². The molecule has 0 bridgehead atoms. The molecule has 1 saturated heterocycles. The van der Waals surface area contributed by atoms with Crippen LogP contribution in [-0.4, -0.2) is 37.1 Å². The first-order valence-corrected chi connectivity index (χ1v) is 6.14. The zero-order valence-electron chi connectivity index (χ0n) is 11.0.